The summed E-state index contributed by atoms with van der Waals surface area (Å²) in [6.07, 6.45) is 6.55. The van der Waals surface area contributed by atoms with Gasteiger partial charge in [-0.2, -0.15) is 5.26 Å². The van der Waals surface area contributed by atoms with E-state index in [1.807, 2.05) is 41.0 Å². The second-order valence-electron chi connectivity index (χ2n) is 10.5. The third-order valence-electron chi connectivity index (χ3n) is 7.82. The van der Waals surface area contributed by atoms with Gasteiger partial charge in [-0.3, -0.25) is 14.5 Å². The Bertz CT molecular complexity index is 2100. The lowest BCUT2D eigenvalue weighted by Crippen LogP contribution is -2.46. The first-order chi connectivity index (χ1) is 22.1. The average Bonchev–Trinajstić information content (AvgIpc) is 3.47. The highest BCUT2D eigenvalue weighted by atomic mass is 15.3. The number of pyridine rings is 3. The Labute approximate surface area is 258 Å². The average molecular weight is 591 g/mol. The predicted molar refractivity (Wildman–Crippen MR) is 170 cm³/mol. The summed E-state index contributed by atoms with van der Waals surface area (Å²) in [4.78, 5) is 35.0. The molecule has 1 fully saturated rings. The van der Waals surface area contributed by atoms with Crippen LogP contribution in [0.5, 0.6) is 0 Å². The normalized spacial score (nSPS) is 13.4. The van der Waals surface area contributed by atoms with Crippen molar-refractivity contribution in [2.45, 2.75) is 6.54 Å². The van der Waals surface area contributed by atoms with Gasteiger partial charge in [0.05, 0.1) is 17.8 Å². The van der Waals surface area contributed by atoms with Crippen LogP contribution < -0.4 is 10.6 Å². The highest BCUT2D eigenvalue weighted by Crippen LogP contribution is 2.34. The van der Waals surface area contributed by atoms with Crippen molar-refractivity contribution in [1.82, 2.24) is 39.4 Å². The summed E-state index contributed by atoms with van der Waals surface area (Å²) in [5, 5.41) is 9.13. The summed E-state index contributed by atoms with van der Waals surface area (Å²) in [5.74, 6) is 1.98. The molecule has 6 heterocycles. The van der Waals surface area contributed by atoms with Crippen LogP contribution in [0.15, 0.2) is 85.5 Å². The lowest BCUT2D eigenvalue weighted by molar-refractivity contribution is 0.249. The summed E-state index contributed by atoms with van der Waals surface area (Å²) in [7, 11) is 0. The van der Waals surface area contributed by atoms with E-state index in [9.17, 15) is 0 Å². The molecular formula is C33H26N12. The molecule has 0 aliphatic carbocycles. The van der Waals surface area contributed by atoms with Crippen molar-refractivity contribution in [3.05, 3.63) is 108 Å². The van der Waals surface area contributed by atoms with Crippen LogP contribution in [0.25, 0.3) is 44.3 Å². The van der Waals surface area contributed by atoms with Crippen LogP contribution in [0.3, 0.4) is 0 Å². The number of fused-ring (bicyclic) bond motifs is 1. The molecule has 6 aromatic rings. The molecule has 12 nitrogen and oxygen atoms in total. The van der Waals surface area contributed by atoms with Gasteiger partial charge in [0.25, 0.3) is 0 Å². The van der Waals surface area contributed by atoms with E-state index in [1.54, 1.807) is 30.9 Å². The number of aromatic nitrogens is 7. The number of nitrogen functional groups attached to an aromatic ring is 1. The zero-order chi connectivity index (χ0) is 30.8. The van der Waals surface area contributed by atoms with Crippen molar-refractivity contribution in [2.24, 2.45) is 0 Å². The topological polar surface area (TPSA) is 143 Å². The Morgan fingerprint density at radius 1 is 0.867 bits per heavy atom. The van der Waals surface area contributed by atoms with Gasteiger partial charge in [0.2, 0.25) is 5.82 Å². The molecule has 1 saturated heterocycles. The first kappa shape index (κ1) is 27.6. The molecule has 1 aromatic carbocycles. The highest BCUT2D eigenvalue weighted by molar-refractivity contribution is 5.86. The number of hydrogen-bond donors (Lipinski definition) is 1. The number of piperazine rings is 1. The maximum Gasteiger partial charge on any atom is 0.234 e. The van der Waals surface area contributed by atoms with Gasteiger partial charge in [-0.15, -0.1) is 0 Å². The molecule has 2 N–H and O–H groups in total. The quantitative estimate of drug-likeness (QED) is 0.272. The standard InChI is InChI=1S/C33H26N12/c1-36-26-10-13-37-20-25(26)27-8-9-28-33(40-27)45(32(41-28)24-3-2-12-39-31(24)35)23-6-4-22(5-7-23)21-43-15-17-44(18-16-43)30-11-14-38-29(19-34)42-30/h2-14,20H,15-18,21H2,(H2,35,39). The summed E-state index contributed by atoms with van der Waals surface area (Å²) in [6, 6.07) is 21.4. The van der Waals surface area contributed by atoms with Crippen LogP contribution in [0, 0.1) is 17.9 Å². The summed E-state index contributed by atoms with van der Waals surface area (Å²) in [5.41, 5.74) is 12.2. The molecule has 0 atom stereocenters. The summed E-state index contributed by atoms with van der Waals surface area (Å²) >= 11 is 0. The fourth-order valence-corrected chi connectivity index (χ4v) is 5.54. The van der Waals surface area contributed by atoms with Crippen LogP contribution in [0.1, 0.15) is 11.4 Å². The number of nitriles is 1. The summed E-state index contributed by atoms with van der Waals surface area (Å²) < 4.78 is 1.99. The minimum atomic E-state index is 0.187. The largest absolute Gasteiger partial charge is 0.383 e. The van der Waals surface area contributed by atoms with Gasteiger partial charge in [-0.1, -0.05) is 12.1 Å². The molecule has 12 heteroatoms. The Hall–Kier alpha value is -6.24. The van der Waals surface area contributed by atoms with Gasteiger partial charge >= 0.3 is 0 Å². The number of nitrogens with two attached hydrogens (primary N) is 1. The van der Waals surface area contributed by atoms with Gasteiger partial charge in [0, 0.05) is 68.8 Å². The fraction of sp³-hybridized carbons (Fsp3) is 0.152. The van der Waals surface area contributed by atoms with Crippen LogP contribution in [-0.4, -0.2) is 65.5 Å². The monoisotopic (exact) mass is 590 g/mol. The van der Waals surface area contributed by atoms with Gasteiger partial charge in [-0.05, 0) is 54.1 Å². The third kappa shape index (κ3) is 5.38. The summed E-state index contributed by atoms with van der Waals surface area (Å²) in [6.45, 7) is 11.8. The first-order valence-electron chi connectivity index (χ1n) is 14.3. The van der Waals surface area contributed by atoms with Crippen LogP contribution in [0.4, 0.5) is 17.3 Å². The van der Waals surface area contributed by atoms with E-state index >= 15 is 0 Å². The van der Waals surface area contributed by atoms with Crippen LogP contribution >= 0.6 is 0 Å². The molecule has 7 rings (SSSR count). The van der Waals surface area contributed by atoms with Crippen molar-refractivity contribution in [3.63, 3.8) is 0 Å². The van der Waals surface area contributed by atoms with E-state index in [1.165, 1.54) is 5.56 Å². The number of imidazole rings is 1. The lowest BCUT2D eigenvalue weighted by Gasteiger charge is -2.35. The minimum absolute atomic E-state index is 0.187. The maximum absolute atomic E-state index is 9.13. The highest BCUT2D eigenvalue weighted by Gasteiger charge is 2.21. The molecule has 45 heavy (non-hydrogen) atoms. The molecule has 0 unspecified atom stereocenters. The van der Waals surface area contributed by atoms with E-state index < -0.39 is 0 Å². The molecule has 5 aromatic heterocycles. The Morgan fingerprint density at radius 2 is 1.71 bits per heavy atom. The lowest BCUT2D eigenvalue weighted by atomic mass is 10.1. The molecule has 0 radical (unpaired) electrons. The zero-order valence-electron chi connectivity index (χ0n) is 24.1. The number of rotatable bonds is 6. The Kier molecular flexibility index (Phi) is 7.23. The number of nitrogens with zero attached hydrogens (tertiary/aromatic N) is 11. The van der Waals surface area contributed by atoms with Gasteiger partial charge in [0.15, 0.2) is 17.2 Å². The number of anilines is 2. The molecule has 0 spiro atoms. The van der Waals surface area contributed by atoms with E-state index in [4.69, 9.17) is 27.5 Å². The minimum Gasteiger partial charge on any atom is -0.383 e. The van der Waals surface area contributed by atoms with Crippen molar-refractivity contribution in [3.8, 4) is 34.4 Å². The zero-order valence-corrected chi connectivity index (χ0v) is 24.1. The molecule has 218 valence electrons. The smallest absolute Gasteiger partial charge is 0.234 e. The van der Waals surface area contributed by atoms with E-state index in [0.29, 0.717) is 45.3 Å². The molecule has 0 amide bonds. The fourth-order valence-electron chi connectivity index (χ4n) is 5.54. The van der Waals surface area contributed by atoms with Gasteiger partial charge in [0.1, 0.15) is 23.2 Å². The molecule has 1 aliphatic rings. The van der Waals surface area contributed by atoms with E-state index in [2.05, 4.69) is 58.8 Å². The first-order valence-corrected chi connectivity index (χ1v) is 14.3. The van der Waals surface area contributed by atoms with Gasteiger partial charge < -0.3 is 10.6 Å². The third-order valence-corrected chi connectivity index (χ3v) is 7.82. The SMILES string of the molecule is [C-]#[N+]c1ccncc1-c1ccc2nc(-c3cccnc3N)n(-c3ccc(CN4CCN(c5ccnc(C#N)n5)CC4)cc3)c2n1. The second kappa shape index (κ2) is 11.8. The van der Waals surface area contributed by atoms with Crippen molar-refractivity contribution >= 4 is 28.5 Å². The van der Waals surface area contributed by atoms with Crippen molar-refractivity contribution in [1.29, 1.82) is 5.26 Å². The van der Waals surface area contributed by atoms with E-state index in [0.717, 1.165) is 44.2 Å². The number of hydrogen-bond acceptors (Lipinski definition) is 10. The van der Waals surface area contributed by atoms with Gasteiger partial charge in [-0.25, -0.2) is 29.8 Å². The molecule has 0 bridgehead atoms. The predicted octanol–water partition coefficient (Wildman–Crippen LogP) is 4.66. The van der Waals surface area contributed by atoms with Crippen molar-refractivity contribution < 1.29 is 0 Å². The van der Waals surface area contributed by atoms with Crippen molar-refractivity contribution in [2.75, 3.05) is 36.8 Å². The van der Waals surface area contributed by atoms with Crippen LogP contribution in [-0.2, 0) is 6.54 Å². The number of benzene rings is 1. The van der Waals surface area contributed by atoms with Crippen LogP contribution in [0.2, 0.25) is 0 Å². The maximum atomic E-state index is 9.13. The Balaban J connectivity index is 1.19. The molecular weight excluding hydrogens is 564 g/mol. The molecule has 0 saturated carbocycles. The van der Waals surface area contributed by atoms with E-state index in [-0.39, 0.29) is 5.82 Å². The Morgan fingerprint density at radius 3 is 2.49 bits per heavy atom. The second-order valence-corrected chi connectivity index (χ2v) is 10.5. The molecule has 1 aliphatic heterocycles.